The summed E-state index contributed by atoms with van der Waals surface area (Å²) in [6.07, 6.45) is 3.55. The molecule has 4 rings (SSSR count). The van der Waals surface area contributed by atoms with Gasteiger partial charge in [0.05, 0.1) is 0 Å². The SMILES string of the molecule is Cc1c(Br)c(=O)n2nc(-c3ccccc3)c(N3CCCCC3)c2n1COCC[Si](C)(C)C. The van der Waals surface area contributed by atoms with Gasteiger partial charge >= 0.3 is 0 Å². The Morgan fingerprint density at radius 3 is 2.44 bits per heavy atom. The number of hydrogen-bond acceptors (Lipinski definition) is 4. The molecule has 0 amide bonds. The summed E-state index contributed by atoms with van der Waals surface area (Å²) in [5.74, 6) is 0. The molecule has 0 aliphatic carbocycles. The second-order valence-corrected chi connectivity index (χ2v) is 16.2. The summed E-state index contributed by atoms with van der Waals surface area (Å²) in [4.78, 5) is 15.6. The monoisotopic (exact) mass is 516 g/mol. The minimum absolute atomic E-state index is 0.128. The van der Waals surface area contributed by atoms with Crippen LogP contribution in [0.25, 0.3) is 16.9 Å². The maximum Gasteiger partial charge on any atom is 0.288 e. The van der Waals surface area contributed by atoms with E-state index < -0.39 is 8.07 Å². The summed E-state index contributed by atoms with van der Waals surface area (Å²) in [7, 11) is -1.18. The average Bonchev–Trinajstić information content (AvgIpc) is 3.18. The molecule has 32 heavy (non-hydrogen) atoms. The second kappa shape index (κ2) is 9.53. The van der Waals surface area contributed by atoms with Crippen molar-refractivity contribution in [1.29, 1.82) is 0 Å². The van der Waals surface area contributed by atoms with Crippen LogP contribution in [0.4, 0.5) is 5.69 Å². The summed E-state index contributed by atoms with van der Waals surface area (Å²) in [6.45, 7) is 12.1. The molecule has 6 nitrogen and oxygen atoms in total. The highest BCUT2D eigenvalue weighted by Crippen LogP contribution is 2.36. The quantitative estimate of drug-likeness (QED) is 0.305. The van der Waals surface area contributed by atoms with Crippen LogP contribution in [0.3, 0.4) is 0 Å². The Kier molecular flexibility index (Phi) is 6.93. The number of anilines is 1. The fourth-order valence-electron chi connectivity index (χ4n) is 4.20. The number of nitrogens with zero attached hydrogens (tertiary/aromatic N) is 4. The first-order valence-corrected chi connectivity index (χ1v) is 16.0. The van der Waals surface area contributed by atoms with Crippen molar-refractivity contribution in [3.05, 3.63) is 50.9 Å². The second-order valence-electron chi connectivity index (χ2n) is 9.83. The predicted octanol–water partition coefficient (Wildman–Crippen LogP) is 5.54. The lowest BCUT2D eigenvalue weighted by molar-refractivity contribution is 0.0875. The molecule has 0 radical (unpaired) electrons. The number of benzene rings is 1. The smallest absolute Gasteiger partial charge is 0.288 e. The van der Waals surface area contributed by atoms with Crippen molar-refractivity contribution < 1.29 is 4.74 Å². The third-order valence-corrected chi connectivity index (χ3v) is 8.75. The van der Waals surface area contributed by atoms with E-state index in [1.807, 2.05) is 25.1 Å². The van der Waals surface area contributed by atoms with Gasteiger partial charge in [-0.25, -0.2) is 0 Å². The molecule has 0 N–H and O–H groups in total. The number of fused-ring (bicyclic) bond motifs is 1. The molecular weight excluding hydrogens is 484 g/mol. The van der Waals surface area contributed by atoms with E-state index in [4.69, 9.17) is 9.84 Å². The Morgan fingerprint density at radius 2 is 1.78 bits per heavy atom. The third kappa shape index (κ3) is 4.72. The molecule has 3 aromatic rings. The highest BCUT2D eigenvalue weighted by Gasteiger charge is 2.27. The normalized spacial score (nSPS) is 15.0. The molecule has 1 aromatic carbocycles. The van der Waals surface area contributed by atoms with E-state index >= 15 is 0 Å². The zero-order chi connectivity index (χ0) is 22.9. The van der Waals surface area contributed by atoms with Gasteiger partial charge in [0.1, 0.15) is 22.6 Å². The summed E-state index contributed by atoms with van der Waals surface area (Å²) in [6, 6.07) is 11.3. The summed E-state index contributed by atoms with van der Waals surface area (Å²) in [5.41, 5.74) is 4.49. The van der Waals surface area contributed by atoms with Crippen LogP contribution in [0.5, 0.6) is 0 Å². The Balaban J connectivity index is 1.88. The molecular formula is C24H33BrN4O2Si. The van der Waals surface area contributed by atoms with Crippen LogP contribution in [0.15, 0.2) is 39.6 Å². The number of aromatic nitrogens is 3. The van der Waals surface area contributed by atoms with Gasteiger partial charge in [-0.15, -0.1) is 0 Å². The van der Waals surface area contributed by atoms with Crippen molar-refractivity contribution in [2.24, 2.45) is 0 Å². The Hall–Kier alpha value is -1.90. The Bertz CT molecular complexity index is 1140. The van der Waals surface area contributed by atoms with E-state index in [9.17, 15) is 4.79 Å². The first-order chi connectivity index (χ1) is 15.3. The molecule has 172 valence electrons. The summed E-state index contributed by atoms with van der Waals surface area (Å²) < 4.78 is 10.4. The van der Waals surface area contributed by atoms with Crippen LogP contribution in [-0.4, -0.2) is 42.0 Å². The lowest BCUT2D eigenvalue weighted by Crippen LogP contribution is -2.31. The van der Waals surface area contributed by atoms with Crippen LogP contribution < -0.4 is 10.5 Å². The van der Waals surface area contributed by atoms with Crippen molar-refractivity contribution in [2.45, 2.75) is 58.6 Å². The van der Waals surface area contributed by atoms with Crippen molar-refractivity contribution in [3.8, 4) is 11.3 Å². The third-order valence-electron chi connectivity index (χ3n) is 6.13. The minimum atomic E-state index is -1.18. The fraction of sp³-hybridized carbons (Fsp3) is 0.500. The van der Waals surface area contributed by atoms with E-state index in [-0.39, 0.29) is 5.56 Å². The van der Waals surface area contributed by atoms with E-state index in [1.165, 1.54) is 6.42 Å². The summed E-state index contributed by atoms with van der Waals surface area (Å²) in [5, 5.41) is 4.85. The van der Waals surface area contributed by atoms with Gasteiger partial charge in [0, 0.05) is 39.0 Å². The van der Waals surface area contributed by atoms with Gasteiger partial charge in [-0.1, -0.05) is 50.0 Å². The van der Waals surface area contributed by atoms with E-state index in [0.29, 0.717) is 11.2 Å². The number of rotatable bonds is 7. The molecule has 1 aliphatic heterocycles. The van der Waals surface area contributed by atoms with E-state index in [0.717, 1.165) is 66.9 Å². The molecule has 3 heterocycles. The van der Waals surface area contributed by atoms with E-state index in [1.54, 1.807) is 4.52 Å². The van der Waals surface area contributed by atoms with Crippen LogP contribution in [0.2, 0.25) is 25.7 Å². The van der Waals surface area contributed by atoms with Gasteiger partial charge < -0.3 is 14.2 Å². The highest BCUT2D eigenvalue weighted by atomic mass is 79.9. The van der Waals surface area contributed by atoms with Crippen LogP contribution in [-0.2, 0) is 11.5 Å². The number of piperidine rings is 1. The Labute approximate surface area is 199 Å². The van der Waals surface area contributed by atoms with Gasteiger partial charge in [-0.2, -0.15) is 9.61 Å². The van der Waals surface area contributed by atoms with Crippen molar-refractivity contribution >= 4 is 35.3 Å². The van der Waals surface area contributed by atoms with Crippen molar-refractivity contribution in [1.82, 2.24) is 14.2 Å². The largest absolute Gasteiger partial charge is 0.367 e. The molecule has 0 bridgehead atoms. The van der Waals surface area contributed by atoms with Gasteiger partial charge in [-0.05, 0) is 48.2 Å². The number of hydrogen-bond donors (Lipinski definition) is 0. The standard InChI is InChI=1S/C24H33BrN4O2Si/c1-18-20(25)24(30)29-23(28(18)17-31-15-16-32(2,3)4)22(27-13-9-6-10-14-27)21(26-29)19-11-7-5-8-12-19/h5,7-8,11-12H,6,9-10,13-17H2,1-4H3. The summed E-state index contributed by atoms with van der Waals surface area (Å²) >= 11 is 3.52. The minimum Gasteiger partial charge on any atom is -0.367 e. The van der Waals surface area contributed by atoms with Gasteiger partial charge in [0.2, 0.25) is 0 Å². The predicted molar refractivity (Wildman–Crippen MR) is 137 cm³/mol. The zero-order valence-corrected chi connectivity index (χ0v) is 22.1. The lowest BCUT2D eigenvalue weighted by atomic mass is 10.1. The molecule has 0 spiro atoms. The molecule has 2 aromatic heterocycles. The molecule has 1 saturated heterocycles. The number of ether oxygens (including phenoxy) is 1. The highest BCUT2D eigenvalue weighted by molar-refractivity contribution is 9.10. The maximum atomic E-state index is 13.2. The van der Waals surface area contributed by atoms with Gasteiger partial charge in [-0.3, -0.25) is 4.79 Å². The molecule has 1 aliphatic rings. The first-order valence-electron chi connectivity index (χ1n) is 11.5. The van der Waals surface area contributed by atoms with Crippen molar-refractivity contribution in [2.75, 3.05) is 24.6 Å². The van der Waals surface area contributed by atoms with Gasteiger partial charge in [0.15, 0.2) is 5.65 Å². The number of halogens is 1. The first kappa shape index (κ1) is 23.3. The average molecular weight is 518 g/mol. The van der Waals surface area contributed by atoms with Crippen molar-refractivity contribution in [3.63, 3.8) is 0 Å². The Morgan fingerprint density at radius 1 is 1.09 bits per heavy atom. The molecule has 1 fully saturated rings. The fourth-order valence-corrected chi connectivity index (χ4v) is 5.34. The van der Waals surface area contributed by atoms with Gasteiger partial charge in [0.25, 0.3) is 5.56 Å². The van der Waals surface area contributed by atoms with Crippen LogP contribution in [0, 0.1) is 6.92 Å². The topological polar surface area (TPSA) is 51.8 Å². The molecule has 0 unspecified atom stereocenters. The maximum absolute atomic E-state index is 13.2. The molecule has 0 atom stereocenters. The zero-order valence-electron chi connectivity index (χ0n) is 19.5. The van der Waals surface area contributed by atoms with Crippen LogP contribution in [0.1, 0.15) is 25.0 Å². The lowest BCUT2D eigenvalue weighted by Gasteiger charge is -2.29. The van der Waals surface area contributed by atoms with Crippen LogP contribution >= 0.6 is 15.9 Å². The molecule has 0 saturated carbocycles. The van der Waals surface area contributed by atoms with E-state index in [2.05, 4.69) is 57.2 Å². The molecule has 8 heteroatoms.